The van der Waals surface area contributed by atoms with Gasteiger partial charge in [0.15, 0.2) is 17.1 Å². The van der Waals surface area contributed by atoms with Gasteiger partial charge in [0.2, 0.25) is 0 Å². The Balaban J connectivity index is 2.25. The van der Waals surface area contributed by atoms with Crippen LogP contribution in [0.2, 0.25) is 0 Å². The first kappa shape index (κ1) is 13.7. The summed E-state index contributed by atoms with van der Waals surface area (Å²) in [6.45, 7) is 0. The Hall–Kier alpha value is -2.27. The molecule has 21 heavy (non-hydrogen) atoms. The Morgan fingerprint density at radius 3 is 2.76 bits per heavy atom. The lowest BCUT2D eigenvalue weighted by Gasteiger charge is -2.07. The van der Waals surface area contributed by atoms with E-state index in [0.717, 1.165) is 9.86 Å². The summed E-state index contributed by atoms with van der Waals surface area (Å²) in [6.07, 6.45) is 0. The van der Waals surface area contributed by atoms with Crippen molar-refractivity contribution in [2.24, 2.45) is 0 Å². The summed E-state index contributed by atoms with van der Waals surface area (Å²) in [5.41, 5.74) is 1.11. The summed E-state index contributed by atoms with van der Waals surface area (Å²) in [7, 11) is 1.46. The van der Waals surface area contributed by atoms with Crippen molar-refractivity contribution in [2.45, 2.75) is 0 Å². The number of halogens is 1. The van der Waals surface area contributed by atoms with Crippen LogP contribution in [0.25, 0.3) is 22.1 Å². The zero-order valence-electron chi connectivity index (χ0n) is 11.1. The minimum Gasteiger partial charge on any atom is -0.504 e. The van der Waals surface area contributed by atoms with Gasteiger partial charge < -0.3 is 14.3 Å². The predicted octanol–water partition coefficient (Wildman–Crippen LogP) is 3.94. The maximum Gasteiger partial charge on any atom is 0.344 e. The number of phenols is 1. The largest absolute Gasteiger partial charge is 0.504 e. The van der Waals surface area contributed by atoms with Gasteiger partial charge in [-0.25, -0.2) is 4.79 Å². The number of ether oxygens (including phenoxy) is 1. The van der Waals surface area contributed by atoms with E-state index in [2.05, 4.69) is 15.9 Å². The van der Waals surface area contributed by atoms with E-state index in [1.807, 2.05) is 18.2 Å². The Morgan fingerprint density at radius 2 is 2.00 bits per heavy atom. The summed E-state index contributed by atoms with van der Waals surface area (Å²) >= 11 is 3.36. The number of benzene rings is 2. The van der Waals surface area contributed by atoms with Gasteiger partial charge in [-0.05, 0) is 45.8 Å². The molecule has 0 aliphatic heterocycles. The molecule has 0 spiro atoms. The molecule has 0 atom stereocenters. The molecule has 1 N–H and O–H groups in total. The van der Waals surface area contributed by atoms with Crippen LogP contribution in [0.15, 0.2) is 56.1 Å². The molecule has 0 aliphatic rings. The number of hydrogen-bond donors (Lipinski definition) is 1. The van der Waals surface area contributed by atoms with Gasteiger partial charge in [-0.2, -0.15) is 0 Å². The highest BCUT2D eigenvalue weighted by molar-refractivity contribution is 9.10. The van der Waals surface area contributed by atoms with Crippen molar-refractivity contribution in [1.29, 1.82) is 0 Å². The maximum atomic E-state index is 12.2. The van der Waals surface area contributed by atoms with Crippen LogP contribution in [0.3, 0.4) is 0 Å². The summed E-state index contributed by atoms with van der Waals surface area (Å²) in [5.74, 6) is 0.329. The summed E-state index contributed by atoms with van der Waals surface area (Å²) in [4.78, 5) is 12.2. The first-order valence-corrected chi connectivity index (χ1v) is 6.99. The lowest BCUT2D eigenvalue weighted by molar-refractivity contribution is 0.373. The summed E-state index contributed by atoms with van der Waals surface area (Å²) in [6, 6.07) is 12.0. The monoisotopic (exact) mass is 346 g/mol. The fraction of sp³-hybridized carbons (Fsp3) is 0.0625. The van der Waals surface area contributed by atoms with E-state index < -0.39 is 5.63 Å². The molecule has 1 heterocycles. The Bertz CT molecular complexity index is 883. The van der Waals surface area contributed by atoms with Crippen molar-refractivity contribution in [2.75, 3.05) is 7.11 Å². The normalized spacial score (nSPS) is 10.8. The smallest absolute Gasteiger partial charge is 0.344 e. The third kappa shape index (κ3) is 2.40. The van der Waals surface area contributed by atoms with Crippen molar-refractivity contribution in [1.82, 2.24) is 0 Å². The Morgan fingerprint density at radius 1 is 1.19 bits per heavy atom. The van der Waals surface area contributed by atoms with Crippen LogP contribution in [0.1, 0.15) is 0 Å². The highest BCUT2D eigenvalue weighted by Gasteiger charge is 2.11. The standard InChI is InChI=1S/C16H11BrO4/c1-20-14-8-9(5-6-13(14)18)11-7-10-3-2-4-12(17)15(10)21-16(11)19/h2-8,18H,1H3. The molecular formula is C16H11BrO4. The van der Waals surface area contributed by atoms with Crippen LogP contribution in [0, 0.1) is 0 Å². The molecule has 0 aliphatic carbocycles. The number of hydrogen-bond acceptors (Lipinski definition) is 4. The number of para-hydroxylation sites is 1. The van der Waals surface area contributed by atoms with Crippen LogP contribution in [0.4, 0.5) is 0 Å². The van der Waals surface area contributed by atoms with Gasteiger partial charge >= 0.3 is 5.63 Å². The maximum absolute atomic E-state index is 12.2. The second-order valence-corrected chi connectivity index (χ2v) is 5.35. The van der Waals surface area contributed by atoms with Crippen LogP contribution in [0.5, 0.6) is 11.5 Å². The third-order valence-corrected chi connectivity index (χ3v) is 3.83. The molecule has 0 fully saturated rings. The molecule has 0 amide bonds. The van der Waals surface area contributed by atoms with Gasteiger partial charge in [-0.15, -0.1) is 0 Å². The van der Waals surface area contributed by atoms with E-state index in [1.165, 1.54) is 13.2 Å². The summed E-state index contributed by atoms with van der Waals surface area (Å²) < 4.78 is 11.2. The fourth-order valence-corrected chi connectivity index (χ4v) is 2.62. The SMILES string of the molecule is COc1cc(-c2cc3cccc(Br)c3oc2=O)ccc1O. The van der Waals surface area contributed by atoms with E-state index in [4.69, 9.17) is 9.15 Å². The lowest BCUT2D eigenvalue weighted by atomic mass is 10.1. The van der Waals surface area contributed by atoms with E-state index in [1.54, 1.807) is 18.2 Å². The van der Waals surface area contributed by atoms with Crippen molar-refractivity contribution in [3.05, 3.63) is 57.4 Å². The van der Waals surface area contributed by atoms with Crippen LogP contribution >= 0.6 is 15.9 Å². The number of rotatable bonds is 2. The van der Waals surface area contributed by atoms with Gasteiger partial charge in [0.25, 0.3) is 0 Å². The Kier molecular flexibility index (Phi) is 3.43. The average molecular weight is 347 g/mol. The molecule has 0 bridgehead atoms. The molecule has 0 radical (unpaired) electrons. The molecule has 3 aromatic rings. The molecule has 0 unspecified atom stereocenters. The third-order valence-electron chi connectivity index (χ3n) is 3.20. The highest BCUT2D eigenvalue weighted by atomic mass is 79.9. The second kappa shape index (κ2) is 5.26. The molecule has 0 saturated carbocycles. The van der Waals surface area contributed by atoms with Crippen LogP contribution < -0.4 is 10.4 Å². The minimum atomic E-state index is -0.442. The topological polar surface area (TPSA) is 59.7 Å². The van der Waals surface area contributed by atoms with Crippen molar-refractivity contribution < 1.29 is 14.3 Å². The van der Waals surface area contributed by atoms with Crippen molar-refractivity contribution in [3.8, 4) is 22.6 Å². The van der Waals surface area contributed by atoms with E-state index in [-0.39, 0.29) is 5.75 Å². The highest BCUT2D eigenvalue weighted by Crippen LogP contribution is 2.32. The van der Waals surface area contributed by atoms with E-state index in [0.29, 0.717) is 22.5 Å². The number of phenolic OH excluding ortho intramolecular Hbond substituents is 1. The molecule has 1 aromatic heterocycles. The second-order valence-electron chi connectivity index (χ2n) is 4.49. The number of fused-ring (bicyclic) bond motifs is 1. The number of methoxy groups -OCH3 is 1. The fourth-order valence-electron chi connectivity index (χ4n) is 2.16. The minimum absolute atomic E-state index is 0.0224. The molecule has 3 rings (SSSR count). The van der Waals surface area contributed by atoms with Gasteiger partial charge in [-0.1, -0.05) is 18.2 Å². The molecule has 0 saturated heterocycles. The zero-order valence-corrected chi connectivity index (χ0v) is 12.7. The molecule has 5 heteroatoms. The molecular weight excluding hydrogens is 336 g/mol. The lowest BCUT2D eigenvalue weighted by Crippen LogP contribution is -2.03. The van der Waals surface area contributed by atoms with E-state index >= 15 is 0 Å². The van der Waals surface area contributed by atoms with E-state index in [9.17, 15) is 9.90 Å². The predicted molar refractivity (Wildman–Crippen MR) is 83.8 cm³/mol. The van der Waals surface area contributed by atoms with Crippen molar-refractivity contribution in [3.63, 3.8) is 0 Å². The number of aromatic hydroxyl groups is 1. The van der Waals surface area contributed by atoms with Gasteiger partial charge in [0, 0.05) is 5.39 Å². The molecule has 106 valence electrons. The van der Waals surface area contributed by atoms with Crippen molar-refractivity contribution >= 4 is 26.9 Å². The first-order chi connectivity index (χ1) is 10.1. The molecule has 2 aromatic carbocycles. The quantitative estimate of drug-likeness (QED) is 0.714. The van der Waals surface area contributed by atoms with Crippen LogP contribution in [-0.2, 0) is 0 Å². The van der Waals surface area contributed by atoms with Gasteiger partial charge in [0.05, 0.1) is 17.1 Å². The zero-order chi connectivity index (χ0) is 15.0. The van der Waals surface area contributed by atoms with Crippen LogP contribution in [-0.4, -0.2) is 12.2 Å². The first-order valence-electron chi connectivity index (χ1n) is 6.20. The average Bonchev–Trinajstić information content (AvgIpc) is 2.48. The van der Waals surface area contributed by atoms with Gasteiger partial charge in [0.1, 0.15) is 0 Å². The molecule has 4 nitrogen and oxygen atoms in total. The Labute approximate surface area is 128 Å². The van der Waals surface area contributed by atoms with Gasteiger partial charge in [-0.3, -0.25) is 0 Å². The summed E-state index contributed by atoms with van der Waals surface area (Å²) in [5, 5.41) is 10.4.